The summed E-state index contributed by atoms with van der Waals surface area (Å²) < 4.78 is 58.6. The first-order valence-electron chi connectivity index (χ1n) is 14.1. The number of ether oxygens (including phenoxy) is 6. The van der Waals surface area contributed by atoms with Gasteiger partial charge in [-0.2, -0.15) is 0 Å². The average Bonchev–Trinajstić information content (AvgIpc) is 3.07. The molecule has 0 N–H and O–H groups in total. The van der Waals surface area contributed by atoms with E-state index in [1.165, 1.54) is 42.7 Å². The predicted octanol–water partition coefficient (Wildman–Crippen LogP) is 6.82. The van der Waals surface area contributed by atoms with Crippen LogP contribution in [0, 0.1) is 0 Å². The Hall–Kier alpha value is -5.15. The number of rotatable bonds is 16. The van der Waals surface area contributed by atoms with Crippen LogP contribution >= 0.6 is 8.25 Å². The van der Waals surface area contributed by atoms with Crippen LogP contribution in [0.15, 0.2) is 84.8 Å². The van der Waals surface area contributed by atoms with E-state index in [-0.39, 0.29) is 0 Å². The summed E-state index contributed by atoms with van der Waals surface area (Å²) in [5.41, 5.74) is 3.04. The Morgan fingerprint density at radius 3 is 1.26 bits per heavy atom. The molecule has 0 atom stereocenters. The second-order valence-corrected chi connectivity index (χ2v) is 10.6. The first-order valence-corrected chi connectivity index (χ1v) is 15.3. The van der Waals surface area contributed by atoms with Crippen molar-refractivity contribution < 1.29 is 42.0 Å². The number of aromatic nitrogens is 2. The van der Waals surface area contributed by atoms with Crippen molar-refractivity contribution in [2.45, 2.75) is 12.8 Å². The summed E-state index contributed by atoms with van der Waals surface area (Å²) in [6, 6.07) is 14.5. The molecular weight excluding hydrogens is 611 g/mol. The van der Waals surface area contributed by atoms with E-state index in [1.807, 2.05) is 24.3 Å². The molecule has 0 fully saturated rings. The largest absolute Gasteiger partial charge is 0.493 e. The Labute approximate surface area is 269 Å². The van der Waals surface area contributed by atoms with E-state index in [4.69, 9.17) is 37.5 Å². The summed E-state index contributed by atoms with van der Waals surface area (Å²) in [7, 11) is 6.06. The second kappa shape index (κ2) is 16.8. The van der Waals surface area contributed by atoms with Gasteiger partial charge in [-0.25, -0.2) is 4.57 Å². The fraction of sp³-hybridized carbons (Fsp3) is 0.235. The van der Waals surface area contributed by atoms with Crippen molar-refractivity contribution in [2.24, 2.45) is 0 Å². The third-order valence-corrected chi connectivity index (χ3v) is 7.52. The van der Waals surface area contributed by atoms with E-state index in [9.17, 15) is 4.57 Å². The molecule has 0 saturated heterocycles. The van der Waals surface area contributed by atoms with Crippen LogP contribution in [0.3, 0.4) is 0 Å². The van der Waals surface area contributed by atoms with Crippen LogP contribution < -0.4 is 28.4 Å². The Morgan fingerprint density at radius 1 is 0.609 bits per heavy atom. The molecule has 11 nitrogen and oxygen atoms in total. The lowest BCUT2D eigenvalue weighted by Crippen LogP contribution is -1.99. The second-order valence-electron chi connectivity index (χ2n) is 9.67. The van der Waals surface area contributed by atoms with E-state index >= 15 is 0 Å². The third-order valence-electron chi connectivity index (χ3n) is 6.66. The molecule has 46 heavy (non-hydrogen) atoms. The predicted molar refractivity (Wildman–Crippen MR) is 175 cm³/mol. The van der Waals surface area contributed by atoms with Gasteiger partial charge in [0.1, 0.15) is 11.5 Å². The third kappa shape index (κ3) is 8.95. The zero-order valence-electron chi connectivity index (χ0n) is 26.6. The Kier molecular flexibility index (Phi) is 12.3. The van der Waals surface area contributed by atoms with Gasteiger partial charge in [-0.05, 0) is 70.8 Å². The number of allylic oxidation sites excluding steroid dienone is 2. The van der Waals surface area contributed by atoms with Gasteiger partial charge in [0, 0.05) is 37.6 Å². The highest BCUT2D eigenvalue weighted by atomic mass is 31.1. The Bertz CT molecular complexity index is 1510. The fourth-order valence-corrected chi connectivity index (χ4v) is 5.35. The van der Waals surface area contributed by atoms with Gasteiger partial charge >= 0.3 is 8.25 Å². The van der Waals surface area contributed by atoms with Gasteiger partial charge in [0.25, 0.3) is 0 Å². The summed E-state index contributed by atoms with van der Waals surface area (Å²) in [5.74, 6) is 3.50. The maximum atomic E-state index is 13.6. The topological polar surface area (TPSA) is 117 Å². The molecule has 2 heterocycles. The normalized spacial score (nSPS) is 12.1. The van der Waals surface area contributed by atoms with Crippen molar-refractivity contribution >= 4 is 20.4 Å². The number of benzene rings is 2. The molecule has 2 aromatic heterocycles. The maximum Gasteiger partial charge on any atom is 0.418 e. The van der Waals surface area contributed by atoms with Crippen LogP contribution in [0.5, 0.6) is 34.5 Å². The zero-order chi connectivity index (χ0) is 32.9. The molecule has 0 aliphatic carbocycles. The summed E-state index contributed by atoms with van der Waals surface area (Å²) >= 11 is 0. The van der Waals surface area contributed by atoms with Gasteiger partial charge in [-0.1, -0.05) is 12.1 Å². The highest BCUT2D eigenvalue weighted by molar-refractivity contribution is 7.33. The van der Waals surface area contributed by atoms with Gasteiger partial charge in [0.15, 0.2) is 23.0 Å². The highest BCUT2D eigenvalue weighted by Crippen LogP contribution is 2.41. The zero-order valence-corrected chi connectivity index (χ0v) is 27.6. The molecular formula is C34H37N2O9P. The lowest BCUT2D eigenvalue weighted by molar-refractivity contribution is 0.310. The van der Waals surface area contributed by atoms with E-state index in [0.717, 1.165) is 11.1 Å². The van der Waals surface area contributed by atoms with Crippen LogP contribution in [-0.2, 0) is 26.5 Å². The van der Waals surface area contributed by atoms with Crippen LogP contribution in [-0.4, -0.2) is 52.6 Å². The summed E-state index contributed by atoms with van der Waals surface area (Å²) in [4.78, 5) is 8.40. The smallest absolute Gasteiger partial charge is 0.418 e. The molecule has 4 aromatic rings. The number of nitrogens with zero attached hydrogens (tertiary/aromatic N) is 2. The quantitative estimate of drug-likeness (QED) is 0.0941. The molecule has 2 aromatic carbocycles. The van der Waals surface area contributed by atoms with E-state index in [1.54, 1.807) is 61.2 Å². The molecule has 0 unspecified atom stereocenters. The summed E-state index contributed by atoms with van der Waals surface area (Å²) in [5, 5.41) is 0. The molecule has 0 radical (unpaired) electrons. The van der Waals surface area contributed by atoms with Crippen LogP contribution in [0.2, 0.25) is 0 Å². The first-order chi connectivity index (χ1) is 22.4. The van der Waals surface area contributed by atoms with Crippen LogP contribution in [0.1, 0.15) is 22.3 Å². The minimum atomic E-state index is -3.15. The number of hydrogen-bond acceptors (Lipinski definition) is 11. The number of methoxy groups -OCH3 is 6. The molecule has 242 valence electrons. The average molecular weight is 649 g/mol. The molecule has 4 rings (SSSR count). The van der Waals surface area contributed by atoms with Gasteiger partial charge in [0.2, 0.25) is 11.5 Å². The lowest BCUT2D eigenvalue weighted by Gasteiger charge is -2.16. The molecule has 12 heteroatoms. The molecule has 0 amide bonds. The van der Waals surface area contributed by atoms with Crippen molar-refractivity contribution in [2.75, 3.05) is 42.7 Å². The van der Waals surface area contributed by atoms with Gasteiger partial charge in [-0.3, -0.25) is 9.97 Å². The molecule has 0 saturated carbocycles. The first kappa shape index (κ1) is 33.7. The number of hydrogen-bond donors (Lipinski definition) is 0. The molecule has 0 bridgehead atoms. The van der Waals surface area contributed by atoms with Gasteiger partial charge in [-0.15, -0.1) is 0 Å². The Morgan fingerprint density at radius 2 is 0.978 bits per heavy atom. The van der Waals surface area contributed by atoms with E-state index in [0.29, 0.717) is 70.0 Å². The standard InChI is InChI=1S/C34H37N2O9P/c1-38-29-17-25(18-30(39-2)33(29)42-5)15-27(13-23-9-7-11-35-21-23)44-46(37)45-28(14-24-10-8-12-36-22-24)16-26-19-31(40-3)34(43-6)32(20-26)41-4/h7-12,15-22,46H,13-14H2,1-6H3/b27-15+,28-16+. The van der Waals surface area contributed by atoms with E-state index in [2.05, 4.69) is 9.97 Å². The maximum absolute atomic E-state index is 13.6. The molecule has 0 aliphatic heterocycles. The SMILES string of the molecule is COc1cc(/C=C(\Cc2cccnc2)O[PH](=O)O/C(=C/c2cc(OC)c(OC)c(OC)c2)Cc2cccnc2)cc(OC)c1OC. The monoisotopic (exact) mass is 648 g/mol. The van der Waals surface area contributed by atoms with Crippen LogP contribution in [0.4, 0.5) is 0 Å². The van der Waals surface area contributed by atoms with Gasteiger partial charge in [0.05, 0.1) is 42.7 Å². The van der Waals surface area contributed by atoms with Crippen molar-refractivity contribution in [3.05, 3.63) is 107 Å². The number of pyridine rings is 2. The van der Waals surface area contributed by atoms with E-state index < -0.39 is 8.25 Å². The molecule has 0 spiro atoms. The lowest BCUT2D eigenvalue weighted by atomic mass is 10.1. The van der Waals surface area contributed by atoms with Crippen molar-refractivity contribution in [3.63, 3.8) is 0 Å². The van der Waals surface area contributed by atoms with Gasteiger partial charge < -0.3 is 37.5 Å². The van der Waals surface area contributed by atoms with Crippen molar-refractivity contribution in [1.29, 1.82) is 0 Å². The summed E-state index contributed by atoms with van der Waals surface area (Å²) in [6.45, 7) is 0. The molecule has 0 aliphatic rings. The van der Waals surface area contributed by atoms with Crippen LogP contribution in [0.25, 0.3) is 12.2 Å². The minimum Gasteiger partial charge on any atom is -0.493 e. The fourth-order valence-electron chi connectivity index (χ4n) is 4.62. The van der Waals surface area contributed by atoms with Crippen molar-refractivity contribution in [1.82, 2.24) is 9.97 Å². The minimum absolute atomic E-state index is 0.290. The van der Waals surface area contributed by atoms with Crippen molar-refractivity contribution in [3.8, 4) is 34.5 Å². The Balaban J connectivity index is 1.70. The summed E-state index contributed by atoms with van der Waals surface area (Å²) in [6.07, 6.45) is 10.8. The highest BCUT2D eigenvalue weighted by Gasteiger charge is 2.17.